The fourth-order valence-corrected chi connectivity index (χ4v) is 17.0. The van der Waals surface area contributed by atoms with Crippen LogP contribution in [0.5, 0.6) is 0 Å². The van der Waals surface area contributed by atoms with Gasteiger partial charge in [0.2, 0.25) is 0 Å². The summed E-state index contributed by atoms with van der Waals surface area (Å²) in [4.78, 5) is 2.53. The fourth-order valence-electron chi connectivity index (χ4n) is 5.63. The standard InChI is InChI=1S/C27H43NOSi2/c1-26(2)21-23(22-27(3,4)28(26)5)29-19-14-20-31(7,25-17-12-9-13-18-25)30(6)24-15-10-8-11-16-24/h8-13,15-18,23,30H,14,19-22H2,1-7H3. The molecule has 0 bridgehead atoms. The smallest absolute Gasteiger partial charge is 0.0787 e. The van der Waals surface area contributed by atoms with Crippen molar-refractivity contribution in [2.75, 3.05) is 13.7 Å². The largest absolute Gasteiger partial charge is 0.378 e. The third kappa shape index (κ3) is 5.59. The molecular formula is C27H43NOSi2. The van der Waals surface area contributed by atoms with Crippen LogP contribution in [0, 0.1) is 0 Å². The molecule has 0 radical (unpaired) electrons. The zero-order valence-corrected chi connectivity index (χ0v) is 23.0. The topological polar surface area (TPSA) is 12.5 Å². The van der Waals surface area contributed by atoms with Gasteiger partial charge in [0, 0.05) is 17.7 Å². The Morgan fingerprint density at radius 3 is 2.00 bits per heavy atom. The molecule has 1 fully saturated rings. The molecule has 0 amide bonds. The molecule has 2 nitrogen and oxygen atoms in total. The lowest BCUT2D eigenvalue weighted by Crippen LogP contribution is -2.62. The van der Waals surface area contributed by atoms with Crippen LogP contribution in [0.4, 0.5) is 0 Å². The Morgan fingerprint density at radius 1 is 0.935 bits per heavy atom. The number of nitrogens with zero attached hydrogens (tertiary/aromatic N) is 1. The number of benzene rings is 2. The second-order valence-corrected chi connectivity index (χ2v) is 23.5. The molecule has 2 unspecified atom stereocenters. The Balaban J connectivity index is 1.67. The predicted octanol–water partition coefficient (Wildman–Crippen LogP) is 4.87. The molecule has 0 N–H and O–H groups in total. The molecule has 1 heterocycles. The van der Waals surface area contributed by atoms with Crippen molar-refractivity contribution in [3.8, 4) is 0 Å². The predicted molar refractivity (Wildman–Crippen MR) is 141 cm³/mol. The van der Waals surface area contributed by atoms with Crippen molar-refractivity contribution in [3.05, 3.63) is 60.7 Å². The maximum atomic E-state index is 6.53. The molecule has 2 atom stereocenters. The highest BCUT2D eigenvalue weighted by molar-refractivity contribution is 7.42. The van der Waals surface area contributed by atoms with E-state index in [2.05, 4.69) is 113 Å². The summed E-state index contributed by atoms with van der Waals surface area (Å²) in [7, 11) is -0.375. The molecule has 0 saturated carbocycles. The van der Waals surface area contributed by atoms with Gasteiger partial charge in [-0.3, -0.25) is 4.90 Å². The Kier molecular flexibility index (Phi) is 7.68. The number of hydrogen-bond donors (Lipinski definition) is 0. The van der Waals surface area contributed by atoms with Crippen molar-refractivity contribution in [1.82, 2.24) is 4.90 Å². The van der Waals surface area contributed by atoms with E-state index in [1.807, 2.05) is 0 Å². The van der Waals surface area contributed by atoms with Gasteiger partial charge in [0.1, 0.15) is 0 Å². The van der Waals surface area contributed by atoms with Crippen LogP contribution in [-0.2, 0) is 4.74 Å². The maximum Gasteiger partial charge on any atom is 0.0787 e. The van der Waals surface area contributed by atoms with Crippen LogP contribution >= 0.6 is 0 Å². The lowest BCUT2D eigenvalue weighted by Gasteiger charge is -2.53. The second-order valence-electron chi connectivity index (χ2n) is 11.1. The summed E-state index contributed by atoms with van der Waals surface area (Å²) in [5.74, 6) is 0. The van der Waals surface area contributed by atoms with Gasteiger partial charge in [0.15, 0.2) is 0 Å². The minimum absolute atomic E-state index is 0.189. The first-order chi connectivity index (χ1) is 14.6. The highest BCUT2D eigenvalue weighted by Gasteiger charge is 2.43. The van der Waals surface area contributed by atoms with Gasteiger partial charge in [0.25, 0.3) is 0 Å². The van der Waals surface area contributed by atoms with Gasteiger partial charge in [-0.25, -0.2) is 0 Å². The second kappa shape index (κ2) is 9.74. The van der Waals surface area contributed by atoms with E-state index >= 15 is 0 Å². The minimum atomic E-state index is -1.57. The molecular weight excluding hydrogens is 410 g/mol. The van der Waals surface area contributed by atoms with E-state index in [1.165, 1.54) is 12.5 Å². The van der Waals surface area contributed by atoms with Crippen molar-refractivity contribution >= 4 is 26.3 Å². The maximum absolute atomic E-state index is 6.53. The lowest BCUT2D eigenvalue weighted by atomic mass is 9.79. The molecule has 2 aromatic rings. The summed E-state index contributed by atoms with van der Waals surface area (Å²) < 4.78 is 6.53. The average Bonchev–Trinajstić information content (AvgIpc) is 2.75. The molecule has 0 aromatic heterocycles. The zero-order chi connectivity index (χ0) is 22.7. The molecule has 2 aromatic carbocycles. The highest BCUT2D eigenvalue weighted by Crippen LogP contribution is 2.38. The summed E-state index contributed by atoms with van der Waals surface area (Å²) in [6, 6.07) is 24.0. The van der Waals surface area contributed by atoms with Gasteiger partial charge < -0.3 is 4.74 Å². The van der Waals surface area contributed by atoms with Gasteiger partial charge >= 0.3 is 0 Å². The Labute approximate surface area is 193 Å². The summed E-state index contributed by atoms with van der Waals surface area (Å²) >= 11 is 0. The molecule has 1 saturated heterocycles. The van der Waals surface area contributed by atoms with Crippen LogP contribution in [0.2, 0.25) is 19.1 Å². The lowest BCUT2D eigenvalue weighted by molar-refractivity contribution is -0.0911. The van der Waals surface area contributed by atoms with Gasteiger partial charge in [-0.05, 0) is 54.0 Å². The number of rotatable bonds is 8. The van der Waals surface area contributed by atoms with Crippen molar-refractivity contribution in [3.63, 3.8) is 0 Å². The van der Waals surface area contributed by atoms with E-state index in [4.69, 9.17) is 4.74 Å². The van der Waals surface area contributed by atoms with Crippen molar-refractivity contribution < 1.29 is 4.74 Å². The zero-order valence-electron chi connectivity index (χ0n) is 20.8. The quantitative estimate of drug-likeness (QED) is 0.417. The third-order valence-corrected chi connectivity index (χ3v) is 23.1. The molecule has 0 aliphatic carbocycles. The van der Waals surface area contributed by atoms with Crippen LogP contribution in [0.1, 0.15) is 47.0 Å². The summed E-state index contributed by atoms with van der Waals surface area (Å²) in [5.41, 5.74) is 0.378. The SMILES string of the molecule is CN1C(C)(C)CC(OCCC[Si](C)(c2ccccc2)[SiH](C)c2ccccc2)CC1(C)C. The first-order valence-electron chi connectivity index (χ1n) is 12.0. The number of likely N-dealkylation sites (tertiary alicyclic amines) is 1. The first-order valence-corrected chi connectivity index (χ1v) is 18.3. The van der Waals surface area contributed by atoms with Crippen LogP contribution < -0.4 is 10.4 Å². The van der Waals surface area contributed by atoms with E-state index in [0.29, 0.717) is 6.10 Å². The number of piperidine rings is 1. The van der Waals surface area contributed by atoms with Crippen molar-refractivity contribution in [1.29, 1.82) is 0 Å². The van der Waals surface area contributed by atoms with E-state index in [9.17, 15) is 0 Å². The van der Waals surface area contributed by atoms with Crippen LogP contribution in [0.3, 0.4) is 0 Å². The summed E-state index contributed by atoms with van der Waals surface area (Å²) in [5, 5.41) is 3.24. The van der Waals surface area contributed by atoms with Gasteiger partial charge in [-0.15, -0.1) is 0 Å². The van der Waals surface area contributed by atoms with E-state index in [-0.39, 0.29) is 11.1 Å². The molecule has 4 heteroatoms. The van der Waals surface area contributed by atoms with E-state index < -0.39 is 15.9 Å². The average molecular weight is 454 g/mol. The molecule has 0 spiro atoms. The molecule has 170 valence electrons. The van der Waals surface area contributed by atoms with Crippen molar-refractivity contribution in [2.45, 2.75) is 83.3 Å². The van der Waals surface area contributed by atoms with Crippen LogP contribution in [0.25, 0.3) is 0 Å². The molecule has 1 aliphatic rings. The van der Waals surface area contributed by atoms with E-state index in [1.54, 1.807) is 10.4 Å². The number of hydrogen-bond acceptors (Lipinski definition) is 2. The highest BCUT2D eigenvalue weighted by atomic mass is 29.2. The minimum Gasteiger partial charge on any atom is -0.378 e. The summed E-state index contributed by atoms with van der Waals surface area (Å²) in [6.45, 7) is 15.5. The fraction of sp³-hybridized carbons (Fsp3) is 0.556. The normalized spacial score (nSPS) is 22.0. The monoisotopic (exact) mass is 453 g/mol. The molecule has 31 heavy (non-hydrogen) atoms. The third-order valence-electron chi connectivity index (χ3n) is 8.15. The Bertz CT molecular complexity index is 806. The summed E-state index contributed by atoms with van der Waals surface area (Å²) in [6.07, 6.45) is 3.79. The van der Waals surface area contributed by atoms with E-state index in [0.717, 1.165) is 19.4 Å². The van der Waals surface area contributed by atoms with Gasteiger partial charge in [-0.1, -0.05) is 90.2 Å². The molecule has 3 rings (SSSR count). The molecule has 1 aliphatic heterocycles. The van der Waals surface area contributed by atoms with Crippen molar-refractivity contribution in [2.24, 2.45) is 0 Å². The first kappa shape index (κ1) is 24.4. The Hall–Kier alpha value is -1.21. The van der Waals surface area contributed by atoms with Gasteiger partial charge in [0.05, 0.1) is 22.0 Å². The Morgan fingerprint density at radius 2 is 1.45 bits per heavy atom. The van der Waals surface area contributed by atoms with Crippen LogP contribution in [-0.4, -0.2) is 51.6 Å². The van der Waals surface area contributed by atoms with Gasteiger partial charge in [-0.2, -0.15) is 0 Å². The number of ether oxygens (including phenoxy) is 1. The van der Waals surface area contributed by atoms with Crippen LogP contribution in [0.15, 0.2) is 60.7 Å².